The van der Waals surface area contributed by atoms with Crippen LogP contribution in [0.1, 0.15) is 87.5 Å². The second-order valence-corrected chi connectivity index (χ2v) is 8.58. The molecule has 0 radical (unpaired) electrons. The summed E-state index contributed by atoms with van der Waals surface area (Å²) in [6, 6.07) is 13.3. The largest absolute Gasteiger partial charge is 0.206 e. The molecule has 3 rings (SSSR count). The van der Waals surface area contributed by atoms with Crippen LogP contribution in [0.2, 0.25) is 0 Å². The fourth-order valence-corrected chi connectivity index (χ4v) is 4.41. The van der Waals surface area contributed by atoms with Crippen molar-refractivity contribution >= 4 is 0 Å². The molecule has 0 nitrogen and oxygen atoms in total. The third kappa shape index (κ3) is 6.78. The van der Waals surface area contributed by atoms with E-state index in [4.69, 9.17) is 0 Å². The molecule has 0 amide bonds. The van der Waals surface area contributed by atoms with Gasteiger partial charge in [0.25, 0.3) is 0 Å². The van der Waals surface area contributed by atoms with Gasteiger partial charge in [-0.15, -0.1) is 5.92 Å². The lowest BCUT2D eigenvalue weighted by atomic mass is 9.78. The molecule has 0 N–H and O–H groups in total. The first-order chi connectivity index (χ1) is 14.7. The van der Waals surface area contributed by atoms with E-state index in [2.05, 4.69) is 30.6 Å². The van der Waals surface area contributed by atoms with Crippen LogP contribution in [0, 0.1) is 41.3 Å². The third-order valence-corrected chi connectivity index (χ3v) is 6.30. The maximum absolute atomic E-state index is 14.5. The summed E-state index contributed by atoms with van der Waals surface area (Å²) in [5, 5.41) is 0. The van der Waals surface area contributed by atoms with Crippen molar-refractivity contribution in [3.8, 4) is 23.7 Å². The summed E-state index contributed by atoms with van der Waals surface area (Å²) in [5.74, 6) is 13.5. The minimum atomic E-state index is -0.211. The molecule has 30 heavy (non-hydrogen) atoms. The molecule has 0 unspecified atom stereocenters. The highest BCUT2D eigenvalue weighted by atomic mass is 19.1. The van der Waals surface area contributed by atoms with E-state index < -0.39 is 0 Å². The number of hydrogen-bond acceptors (Lipinski definition) is 0. The monoisotopic (exact) mass is 400 g/mol. The maximum atomic E-state index is 14.5. The van der Waals surface area contributed by atoms with Gasteiger partial charge in [-0.25, -0.2) is 4.39 Å². The number of halogens is 1. The van der Waals surface area contributed by atoms with Gasteiger partial charge in [-0.2, -0.15) is 0 Å². The lowest BCUT2D eigenvalue weighted by Gasteiger charge is -2.28. The molecule has 1 heteroatoms. The fourth-order valence-electron chi connectivity index (χ4n) is 4.41. The van der Waals surface area contributed by atoms with E-state index >= 15 is 0 Å². The number of hydrogen-bond donors (Lipinski definition) is 0. The molecule has 1 saturated carbocycles. The van der Waals surface area contributed by atoms with Crippen molar-refractivity contribution in [2.75, 3.05) is 0 Å². The zero-order valence-electron chi connectivity index (χ0n) is 18.4. The lowest BCUT2D eigenvalue weighted by molar-refractivity contribution is 0.250. The van der Waals surface area contributed by atoms with Gasteiger partial charge >= 0.3 is 0 Å². The molecule has 0 aromatic heterocycles. The van der Waals surface area contributed by atoms with Crippen molar-refractivity contribution in [3.63, 3.8) is 0 Å². The van der Waals surface area contributed by atoms with Gasteiger partial charge in [0.15, 0.2) is 0 Å². The molecule has 0 atom stereocenters. The van der Waals surface area contributed by atoms with Crippen LogP contribution in [-0.2, 0) is 6.42 Å². The molecule has 0 heterocycles. The molecule has 1 aliphatic carbocycles. The predicted octanol–water partition coefficient (Wildman–Crippen LogP) is 7.53. The SMILES string of the molecule is CC#Cc1ccc(C#Cc2ccc(CCC3CCC(CCCC)CC3)cc2F)cc1. The average Bonchev–Trinajstić information content (AvgIpc) is 2.77. The van der Waals surface area contributed by atoms with Crippen molar-refractivity contribution in [1.82, 2.24) is 0 Å². The summed E-state index contributed by atoms with van der Waals surface area (Å²) in [5.41, 5.74) is 3.39. The normalized spacial score (nSPS) is 18.1. The predicted molar refractivity (Wildman–Crippen MR) is 125 cm³/mol. The quantitative estimate of drug-likeness (QED) is 0.440. The van der Waals surface area contributed by atoms with Crippen LogP contribution < -0.4 is 0 Å². The van der Waals surface area contributed by atoms with Crippen LogP contribution in [0.15, 0.2) is 42.5 Å². The van der Waals surface area contributed by atoms with Crippen LogP contribution in [0.5, 0.6) is 0 Å². The van der Waals surface area contributed by atoms with Gasteiger partial charge < -0.3 is 0 Å². The van der Waals surface area contributed by atoms with Crippen molar-refractivity contribution < 1.29 is 4.39 Å². The molecule has 156 valence electrons. The molecule has 0 aliphatic heterocycles. The number of unbranched alkanes of at least 4 members (excludes halogenated alkanes) is 1. The Kier molecular flexibility index (Phi) is 8.59. The van der Waals surface area contributed by atoms with E-state index in [-0.39, 0.29) is 5.82 Å². The first-order valence-corrected chi connectivity index (χ1v) is 11.5. The van der Waals surface area contributed by atoms with E-state index in [1.807, 2.05) is 43.3 Å². The van der Waals surface area contributed by atoms with Crippen molar-refractivity contribution in [3.05, 3.63) is 70.5 Å². The zero-order valence-corrected chi connectivity index (χ0v) is 18.4. The van der Waals surface area contributed by atoms with Gasteiger partial charge in [0.1, 0.15) is 5.82 Å². The van der Waals surface area contributed by atoms with Gasteiger partial charge in [-0.05, 0) is 73.6 Å². The van der Waals surface area contributed by atoms with Crippen LogP contribution in [0.25, 0.3) is 0 Å². The van der Waals surface area contributed by atoms with Gasteiger partial charge in [0.2, 0.25) is 0 Å². The van der Waals surface area contributed by atoms with Crippen LogP contribution in [0.4, 0.5) is 4.39 Å². The molecule has 2 aromatic carbocycles. The number of benzene rings is 2. The Morgan fingerprint density at radius 1 is 0.833 bits per heavy atom. The highest BCUT2D eigenvalue weighted by Crippen LogP contribution is 2.34. The molecule has 0 saturated heterocycles. The smallest absolute Gasteiger partial charge is 0.139 e. The van der Waals surface area contributed by atoms with E-state index in [1.165, 1.54) is 51.4 Å². The van der Waals surface area contributed by atoms with Gasteiger partial charge in [0, 0.05) is 11.1 Å². The third-order valence-electron chi connectivity index (χ3n) is 6.30. The Labute approximate surface area is 182 Å². The summed E-state index contributed by atoms with van der Waals surface area (Å²) >= 11 is 0. The maximum Gasteiger partial charge on any atom is 0.139 e. The number of aryl methyl sites for hydroxylation is 1. The molecular weight excluding hydrogens is 367 g/mol. The van der Waals surface area contributed by atoms with E-state index in [1.54, 1.807) is 6.07 Å². The summed E-state index contributed by atoms with van der Waals surface area (Å²) in [6.07, 6.45) is 11.7. The van der Waals surface area contributed by atoms with Gasteiger partial charge in [-0.1, -0.05) is 75.7 Å². The van der Waals surface area contributed by atoms with Gasteiger partial charge in [0.05, 0.1) is 5.56 Å². The lowest BCUT2D eigenvalue weighted by Crippen LogP contribution is -2.15. The Hall–Kier alpha value is -2.51. The standard InChI is InChI=1S/C29H33F/c1-3-5-7-24-10-14-25(15-11-24)16-17-27-19-21-28(29(30)22-27)20-18-26-12-8-23(6-4-2)9-13-26/h8-9,12-13,19,21-22,24-25H,3,5,7,10-11,14-17H2,1-2H3. The second-order valence-electron chi connectivity index (χ2n) is 8.58. The summed E-state index contributed by atoms with van der Waals surface area (Å²) in [7, 11) is 0. The zero-order chi connectivity index (χ0) is 21.2. The Morgan fingerprint density at radius 3 is 2.07 bits per heavy atom. The van der Waals surface area contributed by atoms with Crippen molar-refractivity contribution in [1.29, 1.82) is 0 Å². The second kappa shape index (κ2) is 11.6. The van der Waals surface area contributed by atoms with E-state index in [9.17, 15) is 4.39 Å². The average molecular weight is 401 g/mol. The Bertz CT molecular complexity index is 922. The van der Waals surface area contributed by atoms with Crippen LogP contribution in [0.3, 0.4) is 0 Å². The Balaban J connectivity index is 1.51. The highest BCUT2D eigenvalue weighted by Gasteiger charge is 2.20. The molecule has 1 aliphatic rings. The first-order valence-electron chi connectivity index (χ1n) is 11.5. The molecule has 2 aromatic rings. The topological polar surface area (TPSA) is 0 Å². The fraction of sp³-hybridized carbons (Fsp3) is 0.448. The van der Waals surface area contributed by atoms with Crippen molar-refractivity contribution in [2.24, 2.45) is 11.8 Å². The molecule has 1 fully saturated rings. The minimum absolute atomic E-state index is 0.211. The van der Waals surface area contributed by atoms with Gasteiger partial charge in [-0.3, -0.25) is 0 Å². The molecule has 0 bridgehead atoms. The highest BCUT2D eigenvalue weighted by molar-refractivity contribution is 5.46. The molecule has 0 spiro atoms. The first kappa shape index (κ1) is 22.2. The Morgan fingerprint density at radius 2 is 1.47 bits per heavy atom. The van der Waals surface area contributed by atoms with E-state index in [0.29, 0.717) is 5.56 Å². The summed E-state index contributed by atoms with van der Waals surface area (Å²) < 4.78 is 14.5. The van der Waals surface area contributed by atoms with Crippen molar-refractivity contribution in [2.45, 2.75) is 71.6 Å². The summed E-state index contributed by atoms with van der Waals surface area (Å²) in [6.45, 7) is 4.10. The minimum Gasteiger partial charge on any atom is -0.206 e. The van der Waals surface area contributed by atoms with Crippen LogP contribution >= 0.6 is 0 Å². The van der Waals surface area contributed by atoms with E-state index in [0.717, 1.165) is 34.9 Å². The summed E-state index contributed by atoms with van der Waals surface area (Å²) in [4.78, 5) is 0. The number of rotatable bonds is 6. The molecular formula is C29H33F. The van der Waals surface area contributed by atoms with Crippen LogP contribution in [-0.4, -0.2) is 0 Å².